The zero-order chi connectivity index (χ0) is 73.4. The fourth-order valence-corrected chi connectivity index (χ4v) is 19.4. The summed E-state index contributed by atoms with van der Waals surface area (Å²) >= 11 is 0. The van der Waals surface area contributed by atoms with Crippen molar-refractivity contribution >= 4 is 196 Å². The van der Waals surface area contributed by atoms with E-state index < -0.39 is 0 Å². The van der Waals surface area contributed by atoms with E-state index in [-0.39, 0.29) is 0 Å². The highest BCUT2D eigenvalue weighted by Crippen LogP contribution is 2.53. The van der Waals surface area contributed by atoms with Gasteiger partial charge in [-0.25, -0.2) is 19.9 Å². The zero-order valence-electron chi connectivity index (χ0n) is 60.1. The Kier molecular flexibility index (Phi) is 12.1. The van der Waals surface area contributed by atoms with Crippen molar-refractivity contribution < 1.29 is 13.3 Å². The molecular formula is C102H56N8O3. The van der Waals surface area contributed by atoms with Crippen LogP contribution in [0.4, 0.5) is 0 Å². The van der Waals surface area contributed by atoms with Crippen LogP contribution in [0.15, 0.2) is 353 Å². The number of benzene rings is 17. The summed E-state index contributed by atoms with van der Waals surface area (Å²) in [6.07, 6.45) is 0. The Labute approximate surface area is 640 Å². The summed E-state index contributed by atoms with van der Waals surface area (Å²) in [4.78, 5) is 22.3. The van der Waals surface area contributed by atoms with Crippen molar-refractivity contribution in [3.05, 3.63) is 340 Å². The van der Waals surface area contributed by atoms with Gasteiger partial charge in [0.25, 0.3) is 0 Å². The highest BCUT2D eigenvalue weighted by Gasteiger charge is 2.30. The Morgan fingerprint density at radius 1 is 0.212 bits per heavy atom. The molecule has 0 radical (unpaired) electrons. The predicted molar refractivity (Wildman–Crippen MR) is 463 cm³/mol. The van der Waals surface area contributed by atoms with E-state index in [1.165, 1.54) is 0 Å². The van der Waals surface area contributed by atoms with Crippen molar-refractivity contribution in [2.24, 2.45) is 0 Å². The molecule has 0 aliphatic carbocycles. The Balaban J connectivity index is 0.723. The molecule has 0 saturated carbocycles. The van der Waals surface area contributed by atoms with Gasteiger partial charge in [0.15, 0.2) is 0 Å². The van der Waals surface area contributed by atoms with E-state index in [0.717, 1.165) is 241 Å². The minimum absolute atomic E-state index is 0.541. The summed E-state index contributed by atoms with van der Waals surface area (Å²) in [5.74, 6) is 1.15. The average Bonchev–Trinajstić information content (AvgIpc) is 1.53. The van der Waals surface area contributed by atoms with Crippen molar-refractivity contribution in [1.82, 2.24) is 38.2 Å². The topological polar surface area (TPSA) is 111 Å². The van der Waals surface area contributed by atoms with Crippen LogP contribution in [0.2, 0.25) is 0 Å². The molecule has 11 nitrogen and oxygen atoms in total. The number of furan rings is 3. The fraction of sp³-hybridized carbons (Fsp3) is 0. The second-order valence-corrected chi connectivity index (χ2v) is 29.7. The summed E-state index contributed by atoms with van der Waals surface area (Å²) < 4.78 is 30.6. The molecular weight excluding hydrogens is 1390 g/mol. The van der Waals surface area contributed by atoms with Gasteiger partial charge >= 0.3 is 0 Å². The molecule has 9 aromatic heterocycles. The third-order valence-electron chi connectivity index (χ3n) is 23.9. The van der Waals surface area contributed by atoms with Crippen LogP contribution in [0.25, 0.3) is 253 Å². The van der Waals surface area contributed by atoms with Gasteiger partial charge in [0.05, 0.1) is 71.9 Å². The van der Waals surface area contributed by atoms with Crippen molar-refractivity contribution in [2.45, 2.75) is 0 Å². The van der Waals surface area contributed by atoms with Crippen LogP contribution in [0.1, 0.15) is 0 Å². The van der Waals surface area contributed by atoms with Crippen LogP contribution in [0.3, 0.4) is 0 Å². The molecule has 0 amide bonds. The quantitative estimate of drug-likeness (QED) is 0.156. The second kappa shape index (κ2) is 22.6. The van der Waals surface area contributed by atoms with Crippen molar-refractivity contribution in [3.8, 4) is 56.9 Å². The van der Waals surface area contributed by atoms with Crippen molar-refractivity contribution in [2.75, 3.05) is 0 Å². The summed E-state index contributed by atoms with van der Waals surface area (Å²) in [5.41, 5.74) is 22.6. The summed E-state index contributed by atoms with van der Waals surface area (Å²) in [5, 5.41) is 21.4. The van der Waals surface area contributed by atoms with Gasteiger partial charge in [-0.15, -0.1) is 0 Å². The molecule has 0 fully saturated rings. The van der Waals surface area contributed by atoms with Crippen molar-refractivity contribution in [1.29, 1.82) is 0 Å². The van der Waals surface area contributed by atoms with Crippen LogP contribution < -0.4 is 0 Å². The molecule has 0 unspecified atom stereocenters. The molecule has 26 aromatic rings. The maximum absolute atomic E-state index is 7.51. The normalized spacial score (nSPS) is 12.4. The molecule has 26 rings (SSSR count). The third-order valence-corrected chi connectivity index (χ3v) is 23.9. The Morgan fingerprint density at radius 3 is 1.39 bits per heavy atom. The molecule has 0 saturated heterocycles. The molecule has 0 aliphatic heterocycles. The first-order valence-electron chi connectivity index (χ1n) is 38.3. The second-order valence-electron chi connectivity index (χ2n) is 29.7. The van der Waals surface area contributed by atoms with Crippen molar-refractivity contribution in [3.63, 3.8) is 0 Å². The molecule has 11 heteroatoms. The van der Waals surface area contributed by atoms with E-state index in [9.17, 15) is 0 Å². The Morgan fingerprint density at radius 2 is 0.681 bits per heavy atom. The number of fused-ring (bicyclic) bond motifs is 31. The monoisotopic (exact) mass is 1440 g/mol. The van der Waals surface area contributed by atoms with Gasteiger partial charge in [-0.2, -0.15) is 0 Å². The lowest BCUT2D eigenvalue weighted by molar-refractivity contribution is 0.669. The average molecular weight is 1440 g/mol. The van der Waals surface area contributed by atoms with E-state index in [0.29, 0.717) is 11.9 Å². The summed E-state index contributed by atoms with van der Waals surface area (Å²) in [7, 11) is 0. The van der Waals surface area contributed by atoms with Gasteiger partial charge < -0.3 is 22.4 Å². The van der Waals surface area contributed by atoms with Gasteiger partial charge in [-0.1, -0.05) is 231 Å². The van der Waals surface area contributed by atoms with Crippen LogP contribution in [-0.4, -0.2) is 38.2 Å². The number of hydrogen-bond acceptors (Lipinski definition) is 7. The minimum Gasteiger partial charge on any atom is -0.456 e. The molecule has 0 atom stereocenters. The standard InChI is InChI=1S/C102H56N8O3/c1-4-24-58(25-5-1)96-63-30-10-16-39-74(63)103-101(105-96)109-77-42-19-13-33-66(77)91-80(109)52-49-70-90-79(108(98(70)91)60-28-8-3-9-29-60)51-48-61-73(56-82-89(95(61)90)65-32-12-18-41-76(65)107(82)59-26-6-2-7-27-59)62-36-22-38-71-88-69(37-23-45-84(88)112-99(62)71)97-64-31-11-17-40-75(64)104-102(106-97)110-78-43-20-14-34-67(78)92-81(110)53-50-72-94-86(113-100(72)92)55-47-57-46-54-85-93(87(57)94)68-35-15-21-44-83(68)111-85/h1-56H. The van der Waals surface area contributed by atoms with Gasteiger partial charge in [0.2, 0.25) is 11.9 Å². The maximum atomic E-state index is 7.51. The largest absolute Gasteiger partial charge is 0.456 e. The smallest absolute Gasteiger partial charge is 0.235 e. The van der Waals surface area contributed by atoms with Crippen LogP contribution in [0, 0.1) is 0 Å². The molecule has 17 aromatic carbocycles. The van der Waals surface area contributed by atoms with Gasteiger partial charge in [0, 0.05) is 120 Å². The SMILES string of the molecule is c1ccc(-c2nc(-n3c4ccccc4c4c3ccc3c5c6c(ccc5n(-c5ccccc5)c34)c(-c3cccc4c3oc3cccc(-c5nc(-n7c8ccccc8c8c9oc%10ccc%11ccc%12oc%13ccccc%13c%12c%11c%10c9ccc87)nc7ccccc57)c34)cc3c6c4ccccc4n3-c3ccccc3)nc3ccccc23)cc1. The van der Waals surface area contributed by atoms with Crippen LogP contribution in [0.5, 0.6) is 0 Å². The highest BCUT2D eigenvalue weighted by molar-refractivity contribution is 6.39. The molecule has 0 N–H and O–H groups in total. The predicted octanol–water partition coefficient (Wildman–Crippen LogP) is 27.0. The first-order chi connectivity index (χ1) is 56.1. The Bertz CT molecular complexity index is 8700. The molecule has 9 heterocycles. The van der Waals surface area contributed by atoms with Gasteiger partial charge in [-0.05, 0) is 126 Å². The van der Waals surface area contributed by atoms with E-state index in [4.69, 9.17) is 33.2 Å². The van der Waals surface area contributed by atoms with Crippen LogP contribution in [-0.2, 0) is 0 Å². The third kappa shape index (κ3) is 8.24. The number of rotatable bonds is 7. The lowest BCUT2D eigenvalue weighted by Crippen LogP contribution is -2.03. The number of aromatic nitrogens is 8. The first kappa shape index (κ1) is 60.5. The van der Waals surface area contributed by atoms with E-state index in [1.54, 1.807) is 0 Å². The van der Waals surface area contributed by atoms with Crippen LogP contribution >= 0.6 is 0 Å². The molecule has 522 valence electrons. The van der Waals surface area contributed by atoms with E-state index in [2.05, 4.69) is 346 Å². The van der Waals surface area contributed by atoms with E-state index >= 15 is 0 Å². The lowest BCUT2D eigenvalue weighted by Gasteiger charge is -2.14. The molecule has 113 heavy (non-hydrogen) atoms. The fourth-order valence-electron chi connectivity index (χ4n) is 19.4. The van der Waals surface area contributed by atoms with Gasteiger partial charge in [0.1, 0.15) is 33.5 Å². The molecule has 0 spiro atoms. The first-order valence-corrected chi connectivity index (χ1v) is 38.3. The summed E-state index contributed by atoms with van der Waals surface area (Å²) in [6, 6.07) is 121. The number of nitrogens with zero attached hydrogens (tertiary/aromatic N) is 8. The minimum atomic E-state index is 0.541. The summed E-state index contributed by atoms with van der Waals surface area (Å²) in [6.45, 7) is 0. The number of para-hydroxylation sites is 9. The lowest BCUT2D eigenvalue weighted by atomic mass is 9.91. The van der Waals surface area contributed by atoms with E-state index in [1.807, 2.05) is 12.1 Å². The molecule has 0 aliphatic rings. The molecule has 0 bridgehead atoms. The number of hydrogen-bond donors (Lipinski definition) is 0. The zero-order valence-corrected chi connectivity index (χ0v) is 60.1. The highest BCUT2D eigenvalue weighted by atomic mass is 16.3. The Hall–Kier alpha value is -15.5. The van der Waals surface area contributed by atoms with Gasteiger partial charge in [-0.3, -0.25) is 9.13 Å². The maximum Gasteiger partial charge on any atom is 0.235 e.